The lowest BCUT2D eigenvalue weighted by atomic mass is 9.90. The van der Waals surface area contributed by atoms with Crippen LogP contribution in [0.1, 0.15) is 30.0 Å². The molecule has 9 heteroatoms. The molecular weight excluding hydrogens is 398 g/mol. The second kappa shape index (κ2) is 10.6. The number of nitrogens with one attached hydrogen (secondary N) is 2. The predicted octanol–water partition coefficient (Wildman–Crippen LogP) is 2.39. The molecule has 9 nitrogen and oxygen atoms in total. The number of anilines is 1. The van der Waals surface area contributed by atoms with E-state index >= 15 is 0 Å². The van der Waals surface area contributed by atoms with Crippen LogP contribution in [-0.2, 0) is 16.0 Å². The Bertz CT molecular complexity index is 903. The standard InChI is InChI=1S/C22H29N5O4/c1-23-19-6-4-5-17(25-19)9-10-31-21-13-18(26-27(21)2)11-16(12-22(28)29)15-7-8-20(30-3)24-14-15/h4-8,13-14,16,18,26H,9-12H2,1-3H3,(H,23,25)(H,28,29). The molecule has 0 saturated heterocycles. The van der Waals surface area contributed by atoms with Crippen LogP contribution in [0.15, 0.2) is 48.5 Å². The smallest absolute Gasteiger partial charge is 0.303 e. The molecule has 1 aliphatic heterocycles. The number of ether oxygens (including phenoxy) is 2. The first-order chi connectivity index (χ1) is 15.0. The third kappa shape index (κ3) is 6.32. The maximum absolute atomic E-state index is 11.4. The Kier molecular flexibility index (Phi) is 7.66. The monoisotopic (exact) mass is 427 g/mol. The molecule has 0 spiro atoms. The number of aliphatic carboxylic acids is 1. The van der Waals surface area contributed by atoms with Gasteiger partial charge in [-0.15, -0.1) is 0 Å². The van der Waals surface area contributed by atoms with Crippen molar-refractivity contribution in [3.05, 3.63) is 59.7 Å². The molecule has 0 bridgehead atoms. The fourth-order valence-electron chi connectivity index (χ4n) is 3.53. The Balaban J connectivity index is 1.59. The van der Waals surface area contributed by atoms with Crippen LogP contribution in [-0.4, -0.2) is 59.9 Å². The van der Waals surface area contributed by atoms with Crippen molar-refractivity contribution in [2.75, 3.05) is 33.1 Å². The van der Waals surface area contributed by atoms with Crippen LogP contribution < -0.4 is 15.5 Å². The molecule has 0 aromatic carbocycles. The van der Waals surface area contributed by atoms with Gasteiger partial charge in [0.2, 0.25) is 11.8 Å². The minimum atomic E-state index is -0.844. The van der Waals surface area contributed by atoms with Gasteiger partial charge in [0.25, 0.3) is 0 Å². The van der Waals surface area contributed by atoms with Crippen molar-refractivity contribution in [2.45, 2.75) is 31.2 Å². The Morgan fingerprint density at radius 1 is 1.35 bits per heavy atom. The van der Waals surface area contributed by atoms with Gasteiger partial charge in [0, 0.05) is 38.5 Å². The van der Waals surface area contributed by atoms with E-state index in [4.69, 9.17) is 9.47 Å². The summed E-state index contributed by atoms with van der Waals surface area (Å²) in [5, 5.41) is 14.2. The summed E-state index contributed by atoms with van der Waals surface area (Å²) in [6, 6.07) is 9.42. The lowest BCUT2D eigenvalue weighted by molar-refractivity contribution is -0.137. The van der Waals surface area contributed by atoms with Crippen molar-refractivity contribution in [1.29, 1.82) is 0 Å². The molecule has 31 heavy (non-hydrogen) atoms. The van der Waals surface area contributed by atoms with Gasteiger partial charge in [0.1, 0.15) is 5.82 Å². The van der Waals surface area contributed by atoms with E-state index in [1.807, 2.05) is 49.4 Å². The molecule has 1 aliphatic rings. The Labute approximate surface area is 182 Å². The fraction of sp³-hybridized carbons (Fsp3) is 0.409. The van der Waals surface area contributed by atoms with E-state index in [1.165, 1.54) is 0 Å². The van der Waals surface area contributed by atoms with Crippen LogP contribution in [0.3, 0.4) is 0 Å². The molecule has 3 heterocycles. The number of hydrogen-bond donors (Lipinski definition) is 3. The first kappa shape index (κ1) is 22.4. The largest absolute Gasteiger partial charge is 0.481 e. The number of carboxylic acid groups (broad SMARTS) is 1. The SMILES string of the molecule is CNc1cccc(CCOC2=CC(CC(CC(=O)O)c3ccc(OC)nc3)NN2C)n1. The normalized spacial score (nSPS) is 16.5. The number of carboxylic acids is 1. The molecule has 3 rings (SSSR count). The summed E-state index contributed by atoms with van der Waals surface area (Å²) in [6.45, 7) is 0.492. The second-order valence-corrected chi connectivity index (χ2v) is 7.33. The van der Waals surface area contributed by atoms with Crippen LogP contribution in [0, 0.1) is 0 Å². The van der Waals surface area contributed by atoms with Crippen molar-refractivity contribution in [3.8, 4) is 5.88 Å². The number of pyridine rings is 2. The predicted molar refractivity (Wildman–Crippen MR) is 117 cm³/mol. The van der Waals surface area contributed by atoms with Gasteiger partial charge < -0.3 is 19.9 Å². The molecule has 2 atom stereocenters. The van der Waals surface area contributed by atoms with Crippen LogP contribution in [0.25, 0.3) is 0 Å². The molecule has 0 radical (unpaired) electrons. The van der Waals surface area contributed by atoms with Gasteiger partial charge in [-0.1, -0.05) is 12.1 Å². The zero-order valence-electron chi connectivity index (χ0n) is 18.0. The maximum atomic E-state index is 11.4. The van der Waals surface area contributed by atoms with Crippen molar-refractivity contribution in [3.63, 3.8) is 0 Å². The topological polar surface area (TPSA) is 109 Å². The molecule has 0 fully saturated rings. The van der Waals surface area contributed by atoms with E-state index in [9.17, 15) is 9.90 Å². The summed E-state index contributed by atoms with van der Waals surface area (Å²) < 4.78 is 11.0. The number of hydrazine groups is 1. The highest BCUT2D eigenvalue weighted by Crippen LogP contribution is 2.28. The number of aromatic nitrogens is 2. The molecular formula is C22H29N5O4. The summed E-state index contributed by atoms with van der Waals surface area (Å²) in [4.78, 5) is 20.1. The first-order valence-electron chi connectivity index (χ1n) is 10.2. The minimum Gasteiger partial charge on any atom is -0.481 e. The van der Waals surface area contributed by atoms with Gasteiger partial charge >= 0.3 is 5.97 Å². The Hall–Kier alpha value is -3.33. The zero-order chi connectivity index (χ0) is 22.2. The van der Waals surface area contributed by atoms with Gasteiger partial charge in [-0.3, -0.25) is 9.80 Å². The average Bonchev–Trinajstić information content (AvgIpc) is 3.12. The number of rotatable bonds is 11. The number of nitrogens with zero attached hydrogens (tertiary/aromatic N) is 3. The fourth-order valence-corrected chi connectivity index (χ4v) is 3.53. The molecule has 0 saturated carbocycles. The van der Waals surface area contributed by atoms with Crippen LogP contribution in [0.4, 0.5) is 5.82 Å². The highest BCUT2D eigenvalue weighted by Gasteiger charge is 2.26. The summed E-state index contributed by atoms with van der Waals surface area (Å²) in [7, 11) is 5.27. The molecule has 166 valence electrons. The minimum absolute atomic E-state index is 0.0212. The number of methoxy groups -OCH3 is 1. The van der Waals surface area contributed by atoms with Crippen LogP contribution in [0.2, 0.25) is 0 Å². The molecule has 2 aromatic heterocycles. The lowest BCUT2D eigenvalue weighted by Crippen LogP contribution is -2.35. The maximum Gasteiger partial charge on any atom is 0.303 e. The third-order valence-electron chi connectivity index (χ3n) is 5.10. The molecule has 2 aromatic rings. The highest BCUT2D eigenvalue weighted by molar-refractivity contribution is 5.68. The van der Waals surface area contributed by atoms with Gasteiger partial charge in [0.15, 0.2) is 0 Å². The lowest BCUT2D eigenvalue weighted by Gasteiger charge is -2.21. The van der Waals surface area contributed by atoms with Crippen molar-refractivity contribution in [1.82, 2.24) is 20.4 Å². The van der Waals surface area contributed by atoms with E-state index in [-0.39, 0.29) is 18.4 Å². The van der Waals surface area contributed by atoms with E-state index in [2.05, 4.69) is 20.7 Å². The van der Waals surface area contributed by atoms with Crippen molar-refractivity contribution >= 4 is 11.8 Å². The van der Waals surface area contributed by atoms with Gasteiger partial charge in [-0.2, -0.15) is 0 Å². The summed E-state index contributed by atoms with van der Waals surface area (Å²) in [5.41, 5.74) is 5.14. The van der Waals surface area contributed by atoms with Crippen LogP contribution in [0.5, 0.6) is 5.88 Å². The average molecular weight is 428 g/mol. The summed E-state index contributed by atoms with van der Waals surface area (Å²) >= 11 is 0. The van der Waals surface area contributed by atoms with E-state index in [0.717, 1.165) is 23.0 Å². The van der Waals surface area contributed by atoms with Gasteiger partial charge in [-0.25, -0.2) is 15.4 Å². The Morgan fingerprint density at radius 3 is 2.87 bits per heavy atom. The van der Waals surface area contributed by atoms with E-state index in [1.54, 1.807) is 19.4 Å². The molecule has 3 N–H and O–H groups in total. The first-order valence-corrected chi connectivity index (χ1v) is 10.2. The summed E-state index contributed by atoms with van der Waals surface area (Å²) in [6.07, 6.45) is 4.98. The molecule has 0 amide bonds. The van der Waals surface area contributed by atoms with Gasteiger partial charge in [-0.05, 0) is 36.1 Å². The van der Waals surface area contributed by atoms with E-state index < -0.39 is 5.97 Å². The van der Waals surface area contributed by atoms with E-state index in [0.29, 0.717) is 25.3 Å². The highest BCUT2D eigenvalue weighted by atomic mass is 16.5. The number of carbonyl (C=O) groups is 1. The van der Waals surface area contributed by atoms with Gasteiger partial charge in [0.05, 0.1) is 26.2 Å². The Morgan fingerprint density at radius 2 is 2.19 bits per heavy atom. The summed E-state index contributed by atoms with van der Waals surface area (Å²) in [5.74, 6) is 1.02. The molecule has 0 aliphatic carbocycles. The molecule has 2 unspecified atom stereocenters. The van der Waals surface area contributed by atoms with Crippen molar-refractivity contribution in [2.24, 2.45) is 0 Å². The number of hydrogen-bond acceptors (Lipinski definition) is 8. The van der Waals surface area contributed by atoms with Crippen LogP contribution >= 0.6 is 0 Å². The quantitative estimate of drug-likeness (QED) is 0.498. The zero-order valence-corrected chi connectivity index (χ0v) is 18.0. The van der Waals surface area contributed by atoms with Crippen molar-refractivity contribution < 1.29 is 19.4 Å². The third-order valence-corrected chi connectivity index (χ3v) is 5.10. The second-order valence-electron chi connectivity index (χ2n) is 7.33.